The molecule has 0 aromatic carbocycles. The van der Waals surface area contributed by atoms with Crippen molar-refractivity contribution in [2.24, 2.45) is 0 Å². The van der Waals surface area contributed by atoms with Gasteiger partial charge in [-0.25, -0.2) is 9.59 Å². The lowest BCUT2D eigenvalue weighted by Gasteiger charge is -2.42. The van der Waals surface area contributed by atoms with E-state index in [1.54, 1.807) is 62.5 Å². The van der Waals surface area contributed by atoms with E-state index >= 15 is 0 Å². The van der Waals surface area contributed by atoms with Gasteiger partial charge >= 0.3 is 11.9 Å². The maximum absolute atomic E-state index is 12.8. The van der Waals surface area contributed by atoms with E-state index in [9.17, 15) is 81.1 Å². The average Bonchev–Trinajstić information content (AvgIpc) is 3.31. The number of rotatable bonds is 18. The Morgan fingerprint density at radius 1 is 0.397 bits per heavy atom. The Labute approximate surface area is 390 Å². The highest BCUT2D eigenvalue weighted by molar-refractivity contribution is 5.88. The van der Waals surface area contributed by atoms with E-state index in [1.165, 1.54) is 26.0 Å². The fraction of sp³-hybridized carbons (Fsp3) is 0.636. The molecule has 20 atom stereocenters. The molecule has 0 amide bonds. The molecular formula is C44H64O24. The first-order valence-electron chi connectivity index (χ1n) is 21.5. The van der Waals surface area contributed by atoms with Gasteiger partial charge in [-0.2, -0.15) is 0 Å². The largest absolute Gasteiger partial charge is 0.429 e. The highest BCUT2D eigenvalue weighted by Gasteiger charge is 2.50. The van der Waals surface area contributed by atoms with Crippen LogP contribution in [0.1, 0.15) is 27.7 Å². The zero-order valence-electron chi connectivity index (χ0n) is 37.5. The molecule has 0 bridgehead atoms. The predicted octanol–water partition coefficient (Wildman–Crippen LogP) is -5.23. The normalized spacial score (nSPS) is 40.3. The molecule has 0 unspecified atom stereocenters. The Balaban J connectivity index is 1.23. The summed E-state index contributed by atoms with van der Waals surface area (Å²) >= 11 is 0. The molecular weight excluding hydrogens is 912 g/mol. The summed E-state index contributed by atoms with van der Waals surface area (Å²) in [5.74, 6) is -1.86. The standard InChI is InChI=1S/C44H64O24/c1-19(11-7-13-21(3)39(59)67-43-37(57)33(53)29(49)25(65-43)17-61-41-35(55)31(51)27(47)23(15-45)63-41)9-5-6-10-20(2)12-8-14-22(4)40(60)68-44-38(58)34(54)30(50)26(66-44)18-62-42-36(56)32(52)28(48)24(16-46)64-42/h5-14,23-38,41-58H,15-18H2,1-4H3/b6-5+,11-7+,12-8+,19-9-,20-10+,21-13+,22-14+/t23-,24-,25-,26+,27-,28-,29-,30+,31+,32+,33+,34-,35+,36+,37+,38+,41-,42-,43+,44-/m1/s1. The van der Waals surface area contributed by atoms with Gasteiger partial charge in [-0.1, -0.05) is 71.9 Å². The van der Waals surface area contributed by atoms with Crippen LogP contribution in [0, 0.1) is 0 Å². The van der Waals surface area contributed by atoms with E-state index in [0.717, 1.165) is 11.1 Å². The van der Waals surface area contributed by atoms with Crippen molar-refractivity contribution in [3.8, 4) is 0 Å². The second-order valence-electron chi connectivity index (χ2n) is 16.5. The smallest absolute Gasteiger partial charge is 0.336 e. The molecule has 0 spiro atoms. The van der Waals surface area contributed by atoms with Crippen LogP contribution >= 0.6 is 0 Å². The number of allylic oxidation sites excluding steroid dienone is 12. The molecule has 4 heterocycles. The number of ether oxygens (including phenoxy) is 8. The summed E-state index contributed by atoms with van der Waals surface area (Å²) in [6.45, 7) is 3.80. The minimum atomic E-state index is -1.86. The van der Waals surface area contributed by atoms with Gasteiger partial charge in [0.1, 0.15) is 97.7 Å². The third-order valence-corrected chi connectivity index (χ3v) is 11.2. The second-order valence-corrected chi connectivity index (χ2v) is 16.5. The van der Waals surface area contributed by atoms with Gasteiger partial charge in [0.05, 0.1) is 26.4 Å². The van der Waals surface area contributed by atoms with Gasteiger partial charge in [0.25, 0.3) is 0 Å². The Bertz CT molecular complexity index is 1730. The van der Waals surface area contributed by atoms with Crippen molar-refractivity contribution in [2.75, 3.05) is 26.4 Å². The molecule has 24 heteroatoms. The Morgan fingerprint density at radius 2 is 0.691 bits per heavy atom. The van der Waals surface area contributed by atoms with Gasteiger partial charge in [-0.15, -0.1) is 0 Å². The van der Waals surface area contributed by atoms with Gasteiger partial charge in [-0.3, -0.25) is 0 Å². The van der Waals surface area contributed by atoms with E-state index in [2.05, 4.69) is 0 Å². The molecule has 4 aliphatic heterocycles. The van der Waals surface area contributed by atoms with E-state index in [0.29, 0.717) is 0 Å². The monoisotopic (exact) mass is 976 g/mol. The van der Waals surface area contributed by atoms with Crippen molar-refractivity contribution < 1.29 is 119 Å². The van der Waals surface area contributed by atoms with Gasteiger partial charge in [0.15, 0.2) is 12.6 Å². The summed E-state index contributed by atoms with van der Waals surface area (Å²) in [5, 5.41) is 142. The molecule has 68 heavy (non-hydrogen) atoms. The molecule has 0 aromatic rings. The molecule has 4 saturated heterocycles. The highest BCUT2D eigenvalue weighted by Crippen LogP contribution is 2.28. The Kier molecular flexibility index (Phi) is 22.2. The summed E-state index contributed by atoms with van der Waals surface area (Å²) < 4.78 is 42.7. The molecule has 14 N–H and O–H groups in total. The fourth-order valence-electron chi connectivity index (χ4n) is 6.84. The molecule has 0 saturated carbocycles. The number of aliphatic hydroxyl groups excluding tert-OH is 14. The number of carbonyl (C=O) groups is 2. The van der Waals surface area contributed by atoms with Crippen LogP contribution in [0.4, 0.5) is 0 Å². The maximum atomic E-state index is 12.8. The fourth-order valence-corrected chi connectivity index (χ4v) is 6.84. The zero-order valence-corrected chi connectivity index (χ0v) is 37.5. The first kappa shape index (κ1) is 56.9. The molecule has 4 aliphatic rings. The van der Waals surface area contributed by atoms with E-state index in [-0.39, 0.29) is 11.1 Å². The second kappa shape index (κ2) is 26.5. The minimum Gasteiger partial charge on any atom is -0.429 e. The summed E-state index contributed by atoms with van der Waals surface area (Å²) in [6, 6.07) is 0. The summed E-state index contributed by atoms with van der Waals surface area (Å²) in [7, 11) is 0. The van der Waals surface area contributed by atoms with Crippen molar-refractivity contribution in [3.05, 3.63) is 83.1 Å². The molecule has 384 valence electrons. The average molecular weight is 977 g/mol. The molecule has 0 aliphatic carbocycles. The van der Waals surface area contributed by atoms with Crippen molar-refractivity contribution >= 4 is 11.9 Å². The number of hydrogen-bond acceptors (Lipinski definition) is 24. The number of carbonyl (C=O) groups excluding carboxylic acids is 2. The van der Waals surface area contributed by atoms with Gasteiger partial charge in [-0.05, 0) is 27.7 Å². The van der Waals surface area contributed by atoms with E-state index < -0.39 is 161 Å². The quantitative estimate of drug-likeness (QED) is 0.0347. The molecule has 4 fully saturated rings. The molecule has 4 rings (SSSR count). The lowest BCUT2D eigenvalue weighted by molar-refractivity contribution is -0.326. The van der Waals surface area contributed by atoms with Gasteiger partial charge < -0.3 is 109 Å². The molecule has 0 aromatic heterocycles. The SMILES string of the molecule is CC(=C/C=C/C=C(C)/C=C/C=C(\C)C(=O)O[C@H]1O[C@@H](CO[C@@H]2O[C@H](CO)[C@@H](O)[C@H](O)[C@@H]2O)[C@H](O)[C@@H](O)[C@@H]1O)/C=C/C=C(\C)C(=O)O[C@@H]1O[C@H](CO[C@@H]2O[C@H](CO)[C@@H](O)[C@H](O)[C@@H]2O)[C@@H](O)[C@H](O)[C@@H]1O. The maximum Gasteiger partial charge on any atom is 0.336 e. The van der Waals surface area contributed by atoms with Gasteiger partial charge in [0.2, 0.25) is 12.6 Å². The number of esters is 2. The lowest BCUT2D eigenvalue weighted by Crippen LogP contribution is -2.61. The molecule has 24 nitrogen and oxygen atoms in total. The molecule has 0 radical (unpaired) electrons. The summed E-state index contributed by atoms with van der Waals surface area (Å²) in [6.07, 6.45) is -16.8. The first-order chi connectivity index (χ1) is 32.1. The first-order valence-corrected chi connectivity index (χ1v) is 21.5. The predicted molar refractivity (Wildman–Crippen MR) is 227 cm³/mol. The number of hydrogen-bond donors (Lipinski definition) is 14. The summed E-state index contributed by atoms with van der Waals surface area (Å²) in [4.78, 5) is 25.6. The zero-order chi connectivity index (χ0) is 50.6. The van der Waals surface area contributed by atoms with Crippen LogP contribution in [0.15, 0.2) is 83.1 Å². The van der Waals surface area contributed by atoms with Crippen LogP contribution < -0.4 is 0 Å². The third kappa shape index (κ3) is 14.9. The topological polar surface area (TPSA) is 391 Å². The van der Waals surface area contributed by atoms with Gasteiger partial charge in [0, 0.05) is 11.1 Å². The van der Waals surface area contributed by atoms with Crippen LogP contribution in [0.25, 0.3) is 0 Å². The van der Waals surface area contributed by atoms with Crippen LogP contribution in [0.5, 0.6) is 0 Å². The highest BCUT2D eigenvalue weighted by atomic mass is 16.8. The van der Waals surface area contributed by atoms with Crippen LogP contribution in [-0.2, 0) is 47.5 Å². The van der Waals surface area contributed by atoms with Crippen molar-refractivity contribution in [1.29, 1.82) is 0 Å². The van der Waals surface area contributed by atoms with E-state index in [4.69, 9.17) is 37.9 Å². The van der Waals surface area contributed by atoms with Crippen molar-refractivity contribution in [2.45, 2.75) is 151 Å². The van der Waals surface area contributed by atoms with Crippen molar-refractivity contribution in [1.82, 2.24) is 0 Å². The van der Waals surface area contributed by atoms with Crippen LogP contribution in [0.2, 0.25) is 0 Å². The van der Waals surface area contributed by atoms with Crippen molar-refractivity contribution in [3.63, 3.8) is 0 Å². The Hall–Kier alpha value is -3.68. The summed E-state index contributed by atoms with van der Waals surface area (Å²) in [5.41, 5.74) is 1.68. The Morgan fingerprint density at radius 3 is 1.01 bits per heavy atom. The van der Waals surface area contributed by atoms with Crippen LogP contribution in [0.3, 0.4) is 0 Å². The number of aliphatic hydroxyl groups is 14. The third-order valence-electron chi connectivity index (χ3n) is 11.2. The van der Waals surface area contributed by atoms with E-state index in [1.807, 2.05) is 0 Å². The lowest BCUT2D eigenvalue weighted by atomic mass is 9.98. The van der Waals surface area contributed by atoms with Crippen LogP contribution in [-0.4, -0.2) is 233 Å². The minimum absolute atomic E-state index is 0.0726.